The van der Waals surface area contributed by atoms with E-state index in [1.165, 1.54) is 0 Å². The number of primary amides is 1. The molecule has 0 radical (unpaired) electrons. The van der Waals surface area contributed by atoms with E-state index >= 15 is 0 Å². The van der Waals surface area contributed by atoms with Crippen LogP contribution in [0.15, 0.2) is 84.9 Å². The lowest BCUT2D eigenvalue weighted by atomic mass is 9.84. The standard InChI is InChI=1S/C22H19ClN2O2/c23-18-13-11-17(12-14-18)22(27)25-20(21(24)26)19(15-7-3-1-4-8-15)16-9-5-2-6-10-16/h1-14,19-20H,(H2,24,26)(H,25,27)/t20-/m1/s1. The van der Waals surface area contributed by atoms with Crippen LogP contribution in [0.25, 0.3) is 0 Å². The predicted octanol–water partition coefficient (Wildman–Crippen LogP) is 3.76. The fraction of sp³-hybridized carbons (Fsp3) is 0.0909. The van der Waals surface area contributed by atoms with Gasteiger partial charge in [-0.25, -0.2) is 0 Å². The molecule has 4 nitrogen and oxygen atoms in total. The molecule has 0 saturated heterocycles. The summed E-state index contributed by atoms with van der Waals surface area (Å²) in [4.78, 5) is 25.0. The molecule has 0 saturated carbocycles. The Morgan fingerprint density at radius 1 is 0.778 bits per heavy atom. The molecule has 0 aliphatic carbocycles. The van der Waals surface area contributed by atoms with Crippen LogP contribution in [0, 0.1) is 0 Å². The van der Waals surface area contributed by atoms with E-state index in [4.69, 9.17) is 17.3 Å². The third-order valence-corrected chi connectivity index (χ3v) is 4.60. The maximum atomic E-state index is 12.7. The van der Waals surface area contributed by atoms with Crippen molar-refractivity contribution in [1.82, 2.24) is 5.32 Å². The van der Waals surface area contributed by atoms with E-state index < -0.39 is 17.9 Å². The van der Waals surface area contributed by atoms with E-state index in [0.717, 1.165) is 11.1 Å². The van der Waals surface area contributed by atoms with Gasteiger partial charge in [0.2, 0.25) is 5.91 Å². The summed E-state index contributed by atoms with van der Waals surface area (Å²) in [7, 11) is 0. The van der Waals surface area contributed by atoms with Crippen molar-refractivity contribution in [1.29, 1.82) is 0 Å². The van der Waals surface area contributed by atoms with E-state index in [9.17, 15) is 9.59 Å². The Morgan fingerprint density at radius 3 is 1.70 bits per heavy atom. The molecule has 1 atom stereocenters. The highest BCUT2D eigenvalue weighted by molar-refractivity contribution is 6.30. The summed E-state index contributed by atoms with van der Waals surface area (Å²) in [6.07, 6.45) is 0. The number of hydrogen-bond acceptors (Lipinski definition) is 2. The number of amides is 2. The highest BCUT2D eigenvalue weighted by atomic mass is 35.5. The molecular formula is C22H19ClN2O2. The number of carbonyl (C=O) groups excluding carboxylic acids is 2. The lowest BCUT2D eigenvalue weighted by molar-refractivity contribution is -0.120. The molecule has 0 heterocycles. The van der Waals surface area contributed by atoms with Gasteiger partial charge in [0.05, 0.1) is 0 Å². The molecule has 3 rings (SSSR count). The van der Waals surface area contributed by atoms with Gasteiger partial charge in [0.25, 0.3) is 5.91 Å². The van der Waals surface area contributed by atoms with Gasteiger partial charge in [-0.15, -0.1) is 0 Å². The van der Waals surface area contributed by atoms with Gasteiger partial charge in [-0.1, -0.05) is 72.3 Å². The molecule has 0 aliphatic rings. The molecule has 27 heavy (non-hydrogen) atoms. The maximum Gasteiger partial charge on any atom is 0.251 e. The van der Waals surface area contributed by atoms with Crippen molar-refractivity contribution in [3.8, 4) is 0 Å². The fourth-order valence-electron chi connectivity index (χ4n) is 3.04. The normalized spacial score (nSPS) is 11.8. The van der Waals surface area contributed by atoms with Crippen LogP contribution in [-0.4, -0.2) is 17.9 Å². The molecule has 0 bridgehead atoms. The molecule has 2 amide bonds. The van der Waals surface area contributed by atoms with Crippen molar-refractivity contribution in [2.45, 2.75) is 12.0 Å². The average Bonchev–Trinajstić information content (AvgIpc) is 2.69. The Morgan fingerprint density at radius 2 is 1.26 bits per heavy atom. The van der Waals surface area contributed by atoms with Gasteiger partial charge in [-0.2, -0.15) is 0 Å². The summed E-state index contributed by atoms with van der Waals surface area (Å²) in [5, 5.41) is 3.32. The Labute approximate surface area is 163 Å². The molecule has 3 aromatic rings. The first-order chi connectivity index (χ1) is 13.1. The van der Waals surface area contributed by atoms with Crippen LogP contribution >= 0.6 is 11.6 Å². The van der Waals surface area contributed by atoms with Gasteiger partial charge in [-0.05, 0) is 35.4 Å². The van der Waals surface area contributed by atoms with E-state index in [-0.39, 0.29) is 5.91 Å². The second kappa shape index (κ2) is 8.52. The van der Waals surface area contributed by atoms with Crippen molar-refractivity contribution in [2.24, 2.45) is 5.73 Å². The smallest absolute Gasteiger partial charge is 0.251 e. The molecular weight excluding hydrogens is 360 g/mol. The number of hydrogen-bond donors (Lipinski definition) is 2. The third kappa shape index (κ3) is 4.54. The topological polar surface area (TPSA) is 72.2 Å². The molecule has 0 aromatic heterocycles. The van der Waals surface area contributed by atoms with Gasteiger partial charge < -0.3 is 11.1 Å². The first kappa shape index (κ1) is 18.7. The molecule has 3 N–H and O–H groups in total. The van der Waals surface area contributed by atoms with E-state index in [1.807, 2.05) is 60.7 Å². The van der Waals surface area contributed by atoms with E-state index in [1.54, 1.807) is 24.3 Å². The average molecular weight is 379 g/mol. The van der Waals surface area contributed by atoms with Crippen LogP contribution in [0.5, 0.6) is 0 Å². The van der Waals surface area contributed by atoms with Gasteiger partial charge >= 0.3 is 0 Å². The Kier molecular flexibility index (Phi) is 5.89. The summed E-state index contributed by atoms with van der Waals surface area (Å²) in [6.45, 7) is 0. The predicted molar refractivity (Wildman–Crippen MR) is 107 cm³/mol. The van der Waals surface area contributed by atoms with Crippen LogP contribution in [0.3, 0.4) is 0 Å². The zero-order valence-electron chi connectivity index (χ0n) is 14.5. The van der Waals surface area contributed by atoms with Crippen LogP contribution in [0.1, 0.15) is 27.4 Å². The first-order valence-corrected chi connectivity index (χ1v) is 8.89. The van der Waals surface area contributed by atoms with E-state index in [2.05, 4.69) is 5.32 Å². The summed E-state index contributed by atoms with van der Waals surface area (Å²) >= 11 is 5.88. The Balaban J connectivity index is 1.97. The summed E-state index contributed by atoms with van der Waals surface area (Å²) in [5.41, 5.74) is 7.88. The molecule has 0 fully saturated rings. The minimum absolute atomic E-state index is 0.382. The van der Waals surface area contributed by atoms with Crippen molar-refractivity contribution in [3.63, 3.8) is 0 Å². The van der Waals surface area contributed by atoms with Crippen LogP contribution < -0.4 is 11.1 Å². The summed E-state index contributed by atoms with van der Waals surface area (Å²) in [5.74, 6) is -1.39. The summed E-state index contributed by atoms with van der Waals surface area (Å²) < 4.78 is 0. The van der Waals surface area contributed by atoms with Crippen molar-refractivity contribution < 1.29 is 9.59 Å². The number of nitrogens with one attached hydrogen (secondary N) is 1. The largest absolute Gasteiger partial charge is 0.368 e. The van der Waals surface area contributed by atoms with Gasteiger partial charge in [0.1, 0.15) is 6.04 Å². The number of halogens is 1. The van der Waals surface area contributed by atoms with Crippen LogP contribution in [0.4, 0.5) is 0 Å². The monoisotopic (exact) mass is 378 g/mol. The molecule has 0 aliphatic heterocycles. The van der Waals surface area contributed by atoms with Gasteiger partial charge in [-0.3, -0.25) is 9.59 Å². The molecule has 0 spiro atoms. The first-order valence-electron chi connectivity index (χ1n) is 8.52. The number of rotatable bonds is 6. The quantitative estimate of drug-likeness (QED) is 0.685. The Hall–Kier alpha value is -3.11. The number of benzene rings is 3. The Bertz CT molecular complexity index is 873. The molecule has 136 valence electrons. The molecule has 0 unspecified atom stereocenters. The second-order valence-electron chi connectivity index (χ2n) is 6.16. The maximum absolute atomic E-state index is 12.7. The SMILES string of the molecule is NC(=O)[C@H](NC(=O)c1ccc(Cl)cc1)C(c1ccccc1)c1ccccc1. The molecule has 3 aromatic carbocycles. The number of carbonyl (C=O) groups is 2. The fourth-order valence-corrected chi connectivity index (χ4v) is 3.17. The van der Waals surface area contributed by atoms with Crippen molar-refractivity contribution in [2.75, 3.05) is 0 Å². The minimum atomic E-state index is -0.905. The zero-order chi connectivity index (χ0) is 19.2. The third-order valence-electron chi connectivity index (χ3n) is 4.35. The van der Waals surface area contributed by atoms with E-state index in [0.29, 0.717) is 10.6 Å². The van der Waals surface area contributed by atoms with Crippen LogP contribution in [0.2, 0.25) is 5.02 Å². The summed E-state index contributed by atoms with van der Waals surface area (Å²) in [6, 6.07) is 24.6. The zero-order valence-corrected chi connectivity index (χ0v) is 15.3. The van der Waals surface area contributed by atoms with Crippen molar-refractivity contribution in [3.05, 3.63) is 107 Å². The highest BCUT2D eigenvalue weighted by Crippen LogP contribution is 2.28. The lowest BCUT2D eigenvalue weighted by Crippen LogP contribution is -2.48. The van der Waals surface area contributed by atoms with Gasteiger partial charge in [0, 0.05) is 16.5 Å². The second-order valence-corrected chi connectivity index (χ2v) is 6.60. The van der Waals surface area contributed by atoms with Crippen LogP contribution in [-0.2, 0) is 4.79 Å². The number of nitrogens with two attached hydrogens (primary N) is 1. The molecule has 5 heteroatoms. The lowest BCUT2D eigenvalue weighted by Gasteiger charge is -2.27. The minimum Gasteiger partial charge on any atom is -0.368 e. The van der Waals surface area contributed by atoms with Gasteiger partial charge in [0.15, 0.2) is 0 Å². The van der Waals surface area contributed by atoms with Crippen molar-refractivity contribution >= 4 is 23.4 Å². The highest BCUT2D eigenvalue weighted by Gasteiger charge is 2.31.